The molecule has 0 aliphatic heterocycles. The molecule has 1 unspecified atom stereocenters. The van der Waals surface area contributed by atoms with Crippen LogP contribution < -0.4 is 0 Å². The Morgan fingerprint density at radius 1 is 1.35 bits per heavy atom. The van der Waals surface area contributed by atoms with E-state index in [-0.39, 0.29) is 5.92 Å². The second-order valence-electron chi connectivity index (χ2n) is 4.64. The van der Waals surface area contributed by atoms with Gasteiger partial charge in [-0.15, -0.1) is 0 Å². The molecular weight excluding hydrogens is 236 g/mol. The van der Waals surface area contributed by atoms with Crippen LogP contribution in [0.2, 0.25) is 5.02 Å². The molecule has 0 amide bonds. The van der Waals surface area contributed by atoms with Gasteiger partial charge in [-0.3, -0.25) is 4.79 Å². The van der Waals surface area contributed by atoms with Crippen LogP contribution in [0, 0.1) is 0 Å². The predicted octanol–water partition coefficient (Wildman–Crippen LogP) is 4.31. The van der Waals surface area contributed by atoms with Crippen molar-refractivity contribution in [1.82, 2.24) is 0 Å². The minimum Gasteiger partial charge on any atom is -0.459 e. The summed E-state index contributed by atoms with van der Waals surface area (Å²) < 4.78 is 5.80. The number of carbonyl (C=O) groups excluding carboxylic acids is 1. The molecule has 3 heteroatoms. The van der Waals surface area contributed by atoms with Gasteiger partial charge in [0.05, 0.1) is 5.02 Å². The number of benzene rings is 1. The zero-order valence-corrected chi connectivity index (χ0v) is 10.2. The van der Waals surface area contributed by atoms with E-state index in [1.807, 2.05) is 24.3 Å². The molecule has 3 rings (SSSR count). The molecule has 1 aromatic carbocycles. The third kappa shape index (κ3) is 1.98. The number of fused-ring (bicyclic) bond motifs is 1. The minimum absolute atomic E-state index is 0.236. The molecule has 1 saturated carbocycles. The van der Waals surface area contributed by atoms with E-state index in [1.165, 1.54) is 0 Å². The fraction of sp³-hybridized carbons (Fsp3) is 0.357. The Bertz CT molecular complexity index is 571. The maximum absolute atomic E-state index is 11.5. The summed E-state index contributed by atoms with van der Waals surface area (Å²) in [6, 6.07) is 7.74. The van der Waals surface area contributed by atoms with E-state index in [0.717, 1.165) is 36.0 Å². The largest absolute Gasteiger partial charge is 0.459 e. The molecule has 1 heterocycles. The molecule has 2 aromatic rings. The van der Waals surface area contributed by atoms with Crippen LogP contribution in [0.5, 0.6) is 0 Å². The van der Waals surface area contributed by atoms with Crippen molar-refractivity contribution in [2.75, 3.05) is 0 Å². The average molecular weight is 249 g/mol. The first kappa shape index (κ1) is 10.8. The summed E-state index contributed by atoms with van der Waals surface area (Å²) in [7, 11) is 0. The molecule has 1 aromatic heterocycles. The molecule has 0 radical (unpaired) electrons. The molecule has 1 aliphatic carbocycles. The third-order valence-electron chi connectivity index (χ3n) is 3.40. The van der Waals surface area contributed by atoms with Crippen LogP contribution in [0.25, 0.3) is 11.0 Å². The fourth-order valence-electron chi connectivity index (χ4n) is 2.52. The Morgan fingerprint density at radius 2 is 2.24 bits per heavy atom. The van der Waals surface area contributed by atoms with Gasteiger partial charge in [0.25, 0.3) is 0 Å². The summed E-state index contributed by atoms with van der Waals surface area (Å²) in [5.41, 5.74) is 0.738. The quantitative estimate of drug-likeness (QED) is 0.753. The van der Waals surface area contributed by atoms with Crippen LogP contribution in [0.15, 0.2) is 28.7 Å². The average Bonchev–Trinajstić information content (AvgIpc) is 2.74. The molecule has 1 atom stereocenters. The van der Waals surface area contributed by atoms with Crippen molar-refractivity contribution in [2.45, 2.75) is 31.6 Å². The smallest absolute Gasteiger partial charge is 0.152 e. The minimum atomic E-state index is 0.236. The molecule has 1 aliphatic rings. The maximum atomic E-state index is 11.5. The van der Waals surface area contributed by atoms with Crippen molar-refractivity contribution in [3.8, 4) is 0 Å². The van der Waals surface area contributed by atoms with E-state index in [9.17, 15) is 4.79 Å². The SMILES string of the molecule is O=C1CCCC(c2cc3cccc(Cl)c3o2)C1. The summed E-state index contributed by atoms with van der Waals surface area (Å²) in [6.45, 7) is 0. The number of hydrogen-bond donors (Lipinski definition) is 0. The van der Waals surface area contributed by atoms with Crippen molar-refractivity contribution in [1.29, 1.82) is 0 Å². The highest BCUT2D eigenvalue weighted by Crippen LogP contribution is 2.36. The molecule has 17 heavy (non-hydrogen) atoms. The zero-order valence-electron chi connectivity index (χ0n) is 9.41. The van der Waals surface area contributed by atoms with Crippen LogP contribution in [-0.2, 0) is 4.79 Å². The van der Waals surface area contributed by atoms with Gasteiger partial charge in [-0.25, -0.2) is 0 Å². The Balaban J connectivity index is 2.00. The number of rotatable bonds is 1. The molecule has 0 spiro atoms. The lowest BCUT2D eigenvalue weighted by Crippen LogP contribution is -2.12. The normalized spacial score (nSPS) is 21.0. The zero-order chi connectivity index (χ0) is 11.8. The van der Waals surface area contributed by atoms with Gasteiger partial charge in [-0.05, 0) is 25.0 Å². The standard InChI is InChI=1S/C14H13ClO2/c15-12-6-2-4-10-8-13(17-14(10)12)9-3-1-5-11(16)7-9/h2,4,6,8-9H,1,3,5,7H2. The first-order chi connectivity index (χ1) is 8.24. The van der Waals surface area contributed by atoms with Gasteiger partial charge in [0.15, 0.2) is 5.58 Å². The summed E-state index contributed by atoms with van der Waals surface area (Å²) in [6.07, 6.45) is 3.33. The fourth-order valence-corrected chi connectivity index (χ4v) is 2.74. The summed E-state index contributed by atoms with van der Waals surface area (Å²) in [4.78, 5) is 11.5. The van der Waals surface area contributed by atoms with E-state index < -0.39 is 0 Å². The summed E-state index contributed by atoms with van der Waals surface area (Å²) in [5, 5.41) is 1.65. The van der Waals surface area contributed by atoms with Crippen LogP contribution in [0.3, 0.4) is 0 Å². The number of halogens is 1. The number of hydrogen-bond acceptors (Lipinski definition) is 2. The van der Waals surface area contributed by atoms with E-state index in [1.54, 1.807) is 0 Å². The van der Waals surface area contributed by atoms with E-state index in [4.69, 9.17) is 16.0 Å². The summed E-state index contributed by atoms with van der Waals surface area (Å²) >= 11 is 6.08. The topological polar surface area (TPSA) is 30.2 Å². The van der Waals surface area contributed by atoms with Crippen LogP contribution in [-0.4, -0.2) is 5.78 Å². The van der Waals surface area contributed by atoms with Gasteiger partial charge in [0.2, 0.25) is 0 Å². The molecule has 88 valence electrons. The number of carbonyl (C=O) groups is 1. The number of Topliss-reactive ketones (excluding diaryl/α,β-unsaturated/α-hetero) is 1. The van der Waals surface area contributed by atoms with Gasteiger partial charge in [0, 0.05) is 24.1 Å². The van der Waals surface area contributed by atoms with Crippen molar-refractivity contribution in [3.63, 3.8) is 0 Å². The first-order valence-corrected chi connectivity index (χ1v) is 6.31. The van der Waals surface area contributed by atoms with Gasteiger partial charge in [-0.2, -0.15) is 0 Å². The van der Waals surface area contributed by atoms with Crippen molar-refractivity contribution < 1.29 is 9.21 Å². The molecule has 1 fully saturated rings. The van der Waals surface area contributed by atoms with Crippen molar-refractivity contribution in [3.05, 3.63) is 35.0 Å². The molecule has 2 nitrogen and oxygen atoms in total. The number of para-hydroxylation sites is 1. The van der Waals surface area contributed by atoms with Gasteiger partial charge in [0.1, 0.15) is 11.5 Å². The van der Waals surface area contributed by atoms with Gasteiger partial charge >= 0.3 is 0 Å². The van der Waals surface area contributed by atoms with Crippen LogP contribution in [0.4, 0.5) is 0 Å². The Labute approximate surface area is 105 Å². The Hall–Kier alpha value is -1.28. The second-order valence-corrected chi connectivity index (χ2v) is 5.05. The van der Waals surface area contributed by atoms with E-state index in [2.05, 4.69) is 0 Å². The lowest BCUT2D eigenvalue weighted by atomic mass is 9.87. The monoisotopic (exact) mass is 248 g/mol. The van der Waals surface area contributed by atoms with Crippen molar-refractivity contribution in [2.24, 2.45) is 0 Å². The van der Waals surface area contributed by atoms with Crippen LogP contribution in [0.1, 0.15) is 37.4 Å². The van der Waals surface area contributed by atoms with E-state index in [0.29, 0.717) is 17.2 Å². The second kappa shape index (κ2) is 4.19. The van der Waals surface area contributed by atoms with Gasteiger partial charge in [-0.1, -0.05) is 23.7 Å². The highest BCUT2D eigenvalue weighted by molar-refractivity contribution is 6.34. The molecule has 0 N–H and O–H groups in total. The number of ketones is 1. The Morgan fingerprint density at radius 3 is 3.00 bits per heavy atom. The molecule has 0 saturated heterocycles. The predicted molar refractivity (Wildman–Crippen MR) is 67.4 cm³/mol. The maximum Gasteiger partial charge on any atom is 0.152 e. The first-order valence-electron chi connectivity index (χ1n) is 5.94. The van der Waals surface area contributed by atoms with Gasteiger partial charge < -0.3 is 4.42 Å². The lowest BCUT2D eigenvalue weighted by molar-refractivity contribution is -0.120. The van der Waals surface area contributed by atoms with Crippen LogP contribution >= 0.6 is 11.6 Å². The number of furan rings is 1. The Kier molecular flexibility index (Phi) is 2.67. The summed E-state index contributed by atoms with van der Waals surface area (Å²) in [5.74, 6) is 1.48. The molecule has 0 bridgehead atoms. The highest BCUT2D eigenvalue weighted by atomic mass is 35.5. The lowest BCUT2D eigenvalue weighted by Gasteiger charge is -2.18. The highest BCUT2D eigenvalue weighted by Gasteiger charge is 2.24. The third-order valence-corrected chi connectivity index (χ3v) is 3.70. The van der Waals surface area contributed by atoms with Crippen molar-refractivity contribution >= 4 is 28.4 Å². The van der Waals surface area contributed by atoms with E-state index >= 15 is 0 Å². The molecular formula is C14H13ClO2.